The Morgan fingerprint density at radius 1 is 1.09 bits per heavy atom. The lowest BCUT2D eigenvalue weighted by molar-refractivity contribution is -0.126. The molecule has 0 unspecified atom stereocenters. The Balaban J connectivity index is 1.30. The third kappa shape index (κ3) is 4.89. The summed E-state index contributed by atoms with van der Waals surface area (Å²) in [5.41, 5.74) is 2.96. The molecule has 3 aromatic rings. The van der Waals surface area contributed by atoms with Gasteiger partial charge in [-0.15, -0.1) is 0 Å². The summed E-state index contributed by atoms with van der Waals surface area (Å²) in [6, 6.07) is 14.6. The largest absolute Gasteiger partial charge is 0.347 e. The molecule has 1 fully saturated rings. The number of carbonyl (C=O) groups is 1. The topological polar surface area (TPSA) is 105 Å². The molecular weight excluding hydrogens is 428 g/mol. The van der Waals surface area contributed by atoms with Crippen molar-refractivity contribution in [2.75, 3.05) is 13.1 Å². The summed E-state index contributed by atoms with van der Waals surface area (Å²) < 4.78 is 32.4. The molecule has 1 saturated heterocycles. The van der Waals surface area contributed by atoms with Crippen LogP contribution in [0.3, 0.4) is 0 Å². The van der Waals surface area contributed by atoms with Crippen LogP contribution >= 0.6 is 0 Å². The molecule has 8 nitrogen and oxygen atoms in total. The molecule has 0 spiro atoms. The Hall–Kier alpha value is -3.04. The van der Waals surface area contributed by atoms with Crippen LogP contribution in [0.15, 0.2) is 57.9 Å². The average molecular weight is 455 g/mol. The van der Waals surface area contributed by atoms with Gasteiger partial charge in [0.2, 0.25) is 27.6 Å². The lowest BCUT2D eigenvalue weighted by atomic mass is 9.97. The van der Waals surface area contributed by atoms with E-state index in [9.17, 15) is 13.2 Å². The second-order valence-electron chi connectivity index (χ2n) is 8.09. The first kappa shape index (κ1) is 22.2. The van der Waals surface area contributed by atoms with Crippen LogP contribution in [0.1, 0.15) is 29.9 Å². The van der Waals surface area contributed by atoms with Gasteiger partial charge in [0.15, 0.2) is 0 Å². The zero-order valence-electron chi connectivity index (χ0n) is 18.1. The number of nitrogens with one attached hydrogen (secondary N) is 1. The Morgan fingerprint density at radius 2 is 1.81 bits per heavy atom. The van der Waals surface area contributed by atoms with Gasteiger partial charge in [-0.3, -0.25) is 4.79 Å². The molecule has 2 aromatic carbocycles. The maximum Gasteiger partial charge on any atom is 0.246 e. The van der Waals surface area contributed by atoms with Crippen molar-refractivity contribution in [3.8, 4) is 11.4 Å². The van der Waals surface area contributed by atoms with Crippen molar-refractivity contribution in [3.05, 3.63) is 65.5 Å². The normalized spacial score (nSPS) is 15.6. The lowest BCUT2D eigenvalue weighted by Gasteiger charge is -2.30. The highest BCUT2D eigenvalue weighted by atomic mass is 32.2. The van der Waals surface area contributed by atoms with E-state index in [1.165, 1.54) is 4.31 Å². The fourth-order valence-corrected chi connectivity index (χ4v) is 5.22. The number of nitrogens with zero attached hydrogens (tertiary/aromatic N) is 3. The summed E-state index contributed by atoms with van der Waals surface area (Å²) in [5.74, 6) is 0.424. The zero-order chi connectivity index (χ0) is 22.7. The van der Waals surface area contributed by atoms with Crippen molar-refractivity contribution in [3.63, 3.8) is 0 Å². The van der Waals surface area contributed by atoms with Gasteiger partial charge >= 0.3 is 0 Å². The fourth-order valence-electron chi connectivity index (χ4n) is 3.75. The molecule has 0 atom stereocenters. The monoisotopic (exact) mass is 454 g/mol. The van der Waals surface area contributed by atoms with Crippen molar-refractivity contribution in [2.45, 2.75) is 38.1 Å². The van der Waals surface area contributed by atoms with Crippen molar-refractivity contribution in [2.24, 2.45) is 5.92 Å². The van der Waals surface area contributed by atoms with Gasteiger partial charge in [0.05, 0.1) is 11.4 Å². The number of rotatable bonds is 6. The maximum atomic E-state index is 12.8. The minimum absolute atomic E-state index is 0.132. The molecule has 0 radical (unpaired) electrons. The van der Waals surface area contributed by atoms with E-state index in [0.29, 0.717) is 37.6 Å². The minimum Gasteiger partial charge on any atom is -0.347 e. The highest BCUT2D eigenvalue weighted by Gasteiger charge is 2.32. The van der Waals surface area contributed by atoms with Gasteiger partial charge in [-0.2, -0.15) is 9.29 Å². The summed E-state index contributed by atoms with van der Waals surface area (Å²) in [6.45, 7) is 4.67. The number of hydrogen-bond donors (Lipinski definition) is 1. The van der Waals surface area contributed by atoms with Gasteiger partial charge in [-0.25, -0.2) is 8.42 Å². The highest BCUT2D eigenvalue weighted by Crippen LogP contribution is 2.24. The first-order valence-electron chi connectivity index (χ1n) is 10.6. The Bertz CT molecular complexity index is 1200. The van der Waals surface area contributed by atoms with E-state index < -0.39 is 10.0 Å². The van der Waals surface area contributed by atoms with E-state index in [1.54, 1.807) is 24.3 Å². The molecule has 1 aliphatic heterocycles. The highest BCUT2D eigenvalue weighted by molar-refractivity contribution is 7.89. The van der Waals surface area contributed by atoms with Crippen molar-refractivity contribution in [1.29, 1.82) is 0 Å². The van der Waals surface area contributed by atoms with Crippen LogP contribution in [0.2, 0.25) is 0 Å². The van der Waals surface area contributed by atoms with Crippen LogP contribution in [0.25, 0.3) is 11.4 Å². The number of sulfonamides is 1. The summed E-state index contributed by atoms with van der Waals surface area (Å²) in [5, 5.41) is 6.81. The van der Waals surface area contributed by atoms with Crippen LogP contribution in [0.5, 0.6) is 0 Å². The molecule has 0 aliphatic carbocycles. The standard InChI is InChI=1S/C23H26N4O4S/c1-16-6-8-20(9-7-16)32(29,30)27-12-10-18(11-13-27)23(28)24-15-21-25-22(26-31-21)19-5-3-4-17(2)14-19/h3-9,14,18H,10-13,15H2,1-2H3,(H,24,28). The van der Waals surface area contributed by atoms with Crippen LogP contribution in [0, 0.1) is 19.8 Å². The van der Waals surface area contributed by atoms with Crippen molar-refractivity contribution in [1.82, 2.24) is 19.8 Å². The molecule has 4 rings (SSSR count). The first-order chi connectivity index (χ1) is 15.3. The van der Waals surface area contributed by atoms with Gasteiger partial charge in [0, 0.05) is 24.6 Å². The van der Waals surface area contributed by atoms with Crippen LogP contribution in [-0.4, -0.2) is 41.9 Å². The van der Waals surface area contributed by atoms with E-state index in [0.717, 1.165) is 16.7 Å². The molecule has 0 saturated carbocycles. The Morgan fingerprint density at radius 3 is 2.50 bits per heavy atom. The Kier molecular flexibility index (Phi) is 6.38. The third-order valence-corrected chi connectivity index (χ3v) is 7.55. The smallest absolute Gasteiger partial charge is 0.246 e. The quantitative estimate of drug-likeness (QED) is 0.614. The van der Waals surface area contributed by atoms with E-state index in [4.69, 9.17) is 4.52 Å². The van der Waals surface area contributed by atoms with E-state index >= 15 is 0 Å². The molecule has 2 heterocycles. The first-order valence-corrected chi connectivity index (χ1v) is 12.0. The number of hydrogen-bond acceptors (Lipinski definition) is 6. The van der Waals surface area contributed by atoms with Crippen LogP contribution in [0.4, 0.5) is 0 Å². The van der Waals surface area contributed by atoms with Crippen LogP contribution in [-0.2, 0) is 21.4 Å². The molecule has 1 aromatic heterocycles. The van der Waals surface area contributed by atoms with E-state index in [2.05, 4.69) is 15.5 Å². The summed E-state index contributed by atoms with van der Waals surface area (Å²) in [6.07, 6.45) is 0.935. The van der Waals surface area contributed by atoms with Crippen molar-refractivity contribution < 1.29 is 17.7 Å². The zero-order valence-corrected chi connectivity index (χ0v) is 18.9. The average Bonchev–Trinajstić information content (AvgIpc) is 3.27. The SMILES string of the molecule is Cc1ccc(S(=O)(=O)N2CCC(C(=O)NCc3nc(-c4cccc(C)c4)no3)CC2)cc1. The molecule has 0 bridgehead atoms. The summed E-state index contributed by atoms with van der Waals surface area (Å²) in [4.78, 5) is 17.2. The molecule has 1 amide bonds. The number of aryl methyl sites for hydroxylation is 2. The summed E-state index contributed by atoms with van der Waals surface area (Å²) in [7, 11) is -3.54. The van der Waals surface area contributed by atoms with E-state index in [1.807, 2.05) is 38.1 Å². The second-order valence-corrected chi connectivity index (χ2v) is 10.0. The Labute approximate surface area is 187 Å². The van der Waals surface area contributed by atoms with Gasteiger partial charge in [0.1, 0.15) is 0 Å². The summed E-state index contributed by atoms with van der Waals surface area (Å²) >= 11 is 0. The molecule has 1 aliphatic rings. The molecule has 168 valence electrons. The molecule has 32 heavy (non-hydrogen) atoms. The number of aromatic nitrogens is 2. The van der Waals surface area contributed by atoms with Gasteiger partial charge < -0.3 is 9.84 Å². The second kappa shape index (κ2) is 9.22. The van der Waals surface area contributed by atoms with Crippen LogP contribution < -0.4 is 5.32 Å². The number of piperidine rings is 1. The van der Waals surface area contributed by atoms with Crippen molar-refractivity contribution >= 4 is 15.9 Å². The third-order valence-electron chi connectivity index (χ3n) is 5.64. The van der Waals surface area contributed by atoms with Gasteiger partial charge in [-0.1, -0.05) is 46.6 Å². The lowest BCUT2D eigenvalue weighted by Crippen LogP contribution is -2.42. The predicted molar refractivity (Wildman–Crippen MR) is 119 cm³/mol. The number of carbonyl (C=O) groups excluding carboxylic acids is 1. The minimum atomic E-state index is -3.54. The molecule has 9 heteroatoms. The van der Waals surface area contributed by atoms with Gasteiger partial charge in [0.25, 0.3) is 0 Å². The fraction of sp³-hybridized carbons (Fsp3) is 0.348. The number of amides is 1. The number of benzene rings is 2. The molecular formula is C23H26N4O4S. The predicted octanol–water partition coefficient (Wildman–Crippen LogP) is 3.07. The maximum absolute atomic E-state index is 12.8. The van der Waals surface area contributed by atoms with Gasteiger partial charge in [-0.05, 0) is 44.9 Å². The van der Waals surface area contributed by atoms with E-state index in [-0.39, 0.29) is 23.3 Å². The molecule has 1 N–H and O–H groups in total.